The number of aromatic nitrogens is 2. The van der Waals surface area contributed by atoms with E-state index in [1.54, 1.807) is 6.33 Å². The number of hydrogen-bond acceptors (Lipinski definition) is 2. The van der Waals surface area contributed by atoms with Crippen molar-refractivity contribution in [3.63, 3.8) is 0 Å². The van der Waals surface area contributed by atoms with Gasteiger partial charge in [0.05, 0.1) is 18.2 Å². The van der Waals surface area contributed by atoms with Gasteiger partial charge < -0.3 is 10.3 Å². The molecule has 4 heteroatoms. The number of nitrogens with zero attached hydrogens (tertiary/aromatic N) is 2. The average molecular weight is 264 g/mol. The third kappa shape index (κ3) is 2.42. The van der Waals surface area contributed by atoms with Crippen molar-refractivity contribution in [2.24, 2.45) is 11.7 Å². The lowest BCUT2D eigenvalue weighted by Gasteiger charge is -2.19. The zero-order valence-corrected chi connectivity index (χ0v) is 11.6. The van der Waals surface area contributed by atoms with E-state index in [-0.39, 0.29) is 6.04 Å². The Morgan fingerprint density at radius 1 is 1.33 bits per heavy atom. The monoisotopic (exact) mass is 263 g/mol. The minimum Gasteiger partial charge on any atom is -0.322 e. The van der Waals surface area contributed by atoms with Crippen LogP contribution in [-0.2, 0) is 0 Å². The van der Waals surface area contributed by atoms with Gasteiger partial charge >= 0.3 is 0 Å². The fourth-order valence-corrected chi connectivity index (χ4v) is 2.21. The van der Waals surface area contributed by atoms with Gasteiger partial charge in [0.1, 0.15) is 0 Å². The van der Waals surface area contributed by atoms with Gasteiger partial charge in [0.15, 0.2) is 0 Å². The van der Waals surface area contributed by atoms with Crippen molar-refractivity contribution in [2.45, 2.75) is 26.8 Å². The van der Waals surface area contributed by atoms with Crippen molar-refractivity contribution >= 4 is 11.6 Å². The molecule has 18 heavy (non-hydrogen) atoms. The van der Waals surface area contributed by atoms with Crippen LogP contribution in [0, 0.1) is 12.8 Å². The van der Waals surface area contributed by atoms with Gasteiger partial charge in [-0.2, -0.15) is 0 Å². The maximum absolute atomic E-state index is 6.21. The third-order valence-corrected chi connectivity index (χ3v) is 3.38. The first-order valence-electron chi connectivity index (χ1n) is 6.05. The molecule has 0 aliphatic carbocycles. The summed E-state index contributed by atoms with van der Waals surface area (Å²) >= 11 is 5.98. The van der Waals surface area contributed by atoms with Crippen LogP contribution in [-0.4, -0.2) is 9.55 Å². The number of nitrogens with two attached hydrogens (primary N) is 1. The quantitative estimate of drug-likeness (QED) is 0.921. The van der Waals surface area contributed by atoms with Crippen molar-refractivity contribution in [2.75, 3.05) is 0 Å². The van der Waals surface area contributed by atoms with Gasteiger partial charge in [0, 0.05) is 16.8 Å². The molecule has 0 amide bonds. The molecule has 1 aromatic heterocycles. The fourth-order valence-electron chi connectivity index (χ4n) is 1.98. The Bertz CT molecular complexity index is 546. The van der Waals surface area contributed by atoms with Crippen molar-refractivity contribution in [3.8, 4) is 5.69 Å². The van der Waals surface area contributed by atoms with E-state index in [2.05, 4.69) is 18.8 Å². The molecule has 1 aromatic carbocycles. The van der Waals surface area contributed by atoms with Gasteiger partial charge in [0.25, 0.3) is 0 Å². The molecule has 0 aliphatic rings. The highest BCUT2D eigenvalue weighted by Gasteiger charge is 2.16. The lowest BCUT2D eigenvalue weighted by atomic mass is 10.0. The maximum atomic E-state index is 6.21. The number of hydrogen-bond donors (Lipinski definition) is 1. The van der Waals surface area contributed by atoms with Gasteiger partial charge in [0.2, 0.25) is 0 Å². The molecule has 1 unspecified atom stereocenters. The predicted molar refractivity (Wildman–Crippen MR) is 75.1 cm³/mol. The van der Waals surface area contributed by atoms with Gasteiger partial charge in [-0.15, -0.1) is 0 Å². The van der Waals surface area contributed by atoms with Gasteiger partial charge in [-0.1, -0.05) is 25.4 Å². The van der Waals surface area contributed by atoms with E-state index in [0.29, 0.717) is 5.92 Å². The van der Waals surface area contributed by atoms with E-state index in [1.165, 1.54) is 0 Å². The maximum Gasteiger partial charge on any atom is 0.0994 e. The minimum atomic E-state index is -0.0254. The van der Waals surface area contributed by atoms with E-state index in [1.807, 2.05) is 35.9 Å². The van der Waals surface area contributed by atoms with Crippen LogP contribution >= 0.6 is 11.6 Å². The number of imidazole rings is 1. The average Bonchev–Trinajstić information content (AvgIpc) is 2.76. The summed E-state index contributed by atoms with van der Waals surface area (Å²) in [6.07, 6.45) is 3.63. The number of benzene rings is 1. The highest BCUT2D eigenvalue weighted by molar-refractivity contribution is 6.30. The molecule has 96 valence electrons. The van der Waals surface area contributed by atoms with E-state index in [9.17, 15) is 0 Å². The first-order valence-corrected chi connectivity index (χ1v) is 6.43. The molecule has 2 N–H and O–H groups in total. The number of aryl methyl sites for hydroxylation is 1. The van der Waals surface area contributed by atoms with Crippen LogP contribution in [0.2, 0.25) is 5.02 Å². The SMILES string of the molecule is Cc1cc(Cl)ccc1-n1cncc1C(N)C(C)C. The first-order chi connectivity index (χ1) is 8.50. The Labute approximate surface area is 113 Å². The fraction of sp³-hybridized carbons (Fsp3) is 0.357. The van der Waals surface area contributed by atoms with Crippen molar-refractivity contribution < 1.29 is 0 Å². The van der Waals surface area contributed by atoms with Crippen LogP contribution in [0.1, 0.15) is 31.1 Å². The van der Waals surface area contributed by atoms with Gasteiger partial charge in [-0.05, 0) is 36.6 Å². The molecule has 0 radical (unpaired) electrons. The first kappa shape index (κ1) is 13.1. The Morgan fingerprint density at radius 2 is 2.06 bits per heavy atom. The van der Waals surface area contributed by atoms with Crippen LogP contribution in [0.3, 0.4) is 0 Å². The lowest BCUT2D eigenvalue weighted by molar-refractivity contribution is 0.497. The molecule has 0 spiro atoms. The standard InChI is InChI=1S/C14H18ClN3/c1-9(2)14(16)13-7-17-8-18(13)12-5-4-11(15)6-10(12)3/h4-9,14H,16H2,1-3H3. The molecule has 2 aromatic rings. The summed E-state index contributed by atoms with van der Waals surface area (Å²) in [6, 6.07) is 5.80. The highest BCUT2D eigenvalue weighted by Crippen LogP contribution is 2.25. The molecule has 3 nitrogen and oxygen atoms in total. The lowest BCUT2D eigenvalue weighted by Crippen LogP contribution is -2.20. The zero-order chi connectivity index (χ0) is 13.3. The molecule has 0 aliphatic heterocycles. The van der Waals surface area contributed by atoms with E-state index < -0.39 is 0 Å². The summed E-state index contributed by atoms with van der Waals surface area (Å²) in [5.74, 6) is 0.369. The normalized spacial score (nSPS) is 13.0. The summed E-state index contributed by atoms with van der Waals surface area (Å²) in [5, 5.41) is 0.742. The molecule has 1 atom stereocenters. The third-order valence-electron chi connectivity index (χ3n) is 3.15. The molecular weight excluding hydrogens is 246 g/mol. The Kier molecular flexibility index (Phi) is 3.73. The van der Waals surface area contributed by atoms with Gasteiger partial charge in [-0.3, -0.25) is 0 Å². The summed E-state index contributed by atoms with van der Waals surface area (Å²) in [5.41, 5.74) is 9.42. The summed E-state index contributed by atoms with van der Waals surface area (Å²) in [6.45, 7) is 6.25. The van der Waals surface area contributed by atoms with E-state index in [0.717, 1.165) is 22.0 Å². The summed E-state index contributed by atoms with van der Waals surface area (Å²) in [4.78, 5) is 4.22. The van der Waals surface area contributed by atoms with Crippen LogP contribution < -0.4 is 5.73 Å². The summed E-state index contributed by atoms with van der Waals surface area (Å²) < 4.78 is 2.04. The molecule has 0 bridgehead atoms. The van der Waals surface area contributed by atoms with Crippen LogP contribution in [0.15, 0.2) is 30.7 Å². The topological polar surface area (TPSA) is 43.8 Å². The molecule has 1 heterocycles. The van der Waals surface area contributed by atoms with Crippen molar-refractivity contribution in [3.05, 3.63) is 47.0 Å². The Balaban J connectivity index is 2.49. The number of halogens is 1. The minimum absolute atomic E-state index is 0.0254. The second kappa shape index (κ2) is 5.12. The zero-order valence-electron chi connectivity index (χ0n) is 10.9. The van der Waals surface area contributed by atoms with Crippen LogP contribution in [0.4, 0.5) is 0 Å². The van der Waals surface area contributed by atoms with E-state index in [4.69, 9.17) is 17.3 Å². The van der Waals surface area contributed by atoms with E-state index >= 15 is 0 Å². The second-order valence-electron chi connectivity index (χ2n) is 4.89. The van der Waals surface area contributed by atoms with Crippen LogP contribution in [0.25, 0.3) is 5.69 Å². The smallest absolute Gasteiger partial charge is 0.0994 e. The van der Waals surface area contributed by atoms with Crippen LogP contribution in [0.5, 0.6) is 0 Å². The number of rotatable bonds is 3. The molecule has 2 rings (SSSR count). The van der Waals surface area contributed by atoms with Crippen molar-refractivity contribution in [1.29, 1.82) is 0 Å². The molecule has 0 saturated heterocycles. The Morgan fingerprint density at radius 3 is 2.67 bits per heavy atom. The highest BCUT2D eigenvalue weighted by atomic mass is 35.5. The molecule has 0 fully saturated rings. The Hall–Kier alpha value is -1.32. The molecular formula is C14H18ClN3. The second-order valence-corrected chi connectivity index (χ2v) is 5.33. The van der Waals surface area contributed by atoms with Gasteiger partial charge in [-0.25, -0.2) is 4.98 Å². The molecule has 0 saturated carbocycles. The predicted octanol–water partition coefficient (Wildman–Crippen LogP) is 3.49. The summed E-state index contributed by atoms with van der Waals surface area (Å²) in [7, 11) is 0. The van der Waals surface area contributed by atoms with Crippen molar-refractivity contribution in [1.82, 2.24) is 9.55 Å². The largest absolute Gasteiger partial charge is 0.322 e.